The number of aromatic nitrogens is 1. The first-order chi connectivity index (χ1) is 70.0. The predicted molar refractivity (Wildman–Crippen MR) is 608 cm³/mol. The molecule has 0 bridgehead atoms. The van der Waals surface area contributed by atoms with Gasteiger partial charge in [0.15, 0.2) is 11.3 Å². The molecule has 16 aromatic carbocycles. The van der Waals surface area contributed by atoms with Crippen LogP contribution in [0.3, 0.4) is 0 Å². The number of pyridine rings is 1. The van der Waals surface area contributed by atoms with Crippen molar-refractivity contribution in [2.24, 2.45) is 10.9 Å². The third kappa shape index (κ3) is 24.3. The molecule has 3 radical (unpaired) electrons. The van der Waals surface area contributed by atoms with Gasteiger partial charge in [0.1, 0.15) is 53.7 Å². The van der Waals surface area contributed by atoms with Gasteiger partial charge in [-0.25, -0.2) is 37.5 Å². The number of aliphatic imine (C=N–C) groups is 1. The number of hydrogen-bond donors (Lipinski definition) is 1. The van der Waals surface area contributed by atoms with Crippen LogP contribution in [0.4, 0.5) is 68.2 Å². The topological polar surface area (TPSA) is 149 Å². The summed E-state index contributed by atoms with van der Waals surface area (Å²) in [6.45, 7) is 18.4. The molecular formula is C124H112Cu3IrN14O2P3-6. The molecule has 147 heavy (non-hydrogen) atoms. The third-order valence-corrected chi connectivity index (χ3v) is 31.8. The van der Waals surface area contributed by atoms with E-state index in [0.29, 0.717) is 44.3 Å². The van der Waals surface area contributed by atoms with Gasteiger partial charge in [-0.2, -0.15) is 55.2 Å². The third-order valence-electron chi connectivity index (χ3n) is 25.9. The smallest absolute Gasteiger partial charge is 0.774 e. The van der Waals surface area contributed by atoms with E-state index < -0.39 is 7.92 Å². The molecule has 0 saturated heterocycles. The standard InChI is InChI=1S/C30H24OP2.C23H20N4.C17H14N2O.C17H20NP.C14H12N.C13H11N4.C10H10N2.3Cu.Ir/c1-4-14-24(15-5-1)32-29-22-12-10-20-27(29)31-28-21-11-13-23-30(28)33(25-16-6-2-7-17-25)26-18-8-3-9-19-26;1-24-14-8-3-5-10-16(14)26-18-12-7-13-19-20(18)21(22(24)26)23-25(2)15-9-4-6-11-17(15)27(19)23;1-18-8-9-19-15(18)10-11-6-7-13-12-4-2-3-5-14(12)20-17(13)16(11)19;1-13(2)12-19-17-11-7-6-10-16(17)18-15-9-5-4-8-14(15)3;1-11-7-3-5-9-13(11)15-14-10-6-4-8-12(14)2;14-12(10-6-2-1-3-7-10)17-13(15)11-8-4-5-9-16-11;1-11-7-8-12(9-11)10-5-3-2-4-6-10;;;;/h1-23,32H;3-13,21-23H,1-2H3;2-9,15H,10H2,1H3;4-11,13,19H,3,12H2,1-2H3;3-10H,1-2H2;1-9H,(H2-,14,15,17);2-5,7-9H,1H3;;;;/q;;;-2;-3;-1;-2;;;+1;/p+1. The van der Waals surface area contributed by atoms with Gasteiger partial charge in [-0.3, -0.25) is 22.0 Å². The number of rotatable bonds is 17. The summed E-state index contributed by atoms with van der Waals surface area (Å²) in [5.74, 6) is 3.08. The fourth-order valence-corrected chi connectivity index (χ4v) is 23.9. The molecule has 25 rings (SSSR count). The van der Waals surface area contributed by atoms with E-state index in [1.807, 2.05) is 169 Å². The molecule has 753 valence electrons. The van der Waals surface area contributed by atoms with Crippen LogP contribution in [0.5, 0.6) is 11.5 Å². The van der Waals surface area contributed by atoms with Gasteiger partial charge in [0.05, 0.1) is 40.0 Å². The van der Waals surface area contributed by atoms with Gasteiger partial charge in [0, 0.05) is 139 Å². The SMILES string of the molecule is CN1C=CN(c2[c-]cccc2)[CH-]1.CN1C=CN2c3c(ccc4c3oc3ccccc34)CC12.CN1c2ccccc2N2c3cccc4c3C(C12)C1N(C)c2ccccc2N41.N=C(N=C([NH-])c1ccccn1)c1ccccc1.[CH2-]c1ccccc1[N-]c1ccccc1PCC(C)C.[CH2-]c1ccccc1[N-]c1ccccc1[CH2-].[Cu+].[Cu].[Cu].[Ir].c1ccc(Pc2ccccc2Oc2ccccc2[PH+](c2ccccc2)c2ccccc2)cc1. The second-order valence-corrected chi connectivity index (χ2v) is 40.9. The van der Waals surface area contributed by atoms with E-state index in [1.54, 1.807) is 36.5 Å². The number of nitrogens with zero attached hydrogens (tertiary/aromatic N) is 12. The maximum atomic E-state index is 7.77. The average Bonchev–Trinajstić information content (AvgIpc) is 1.50. The summed E-state index contributed by atoms with van der Waals surface area (Å²) >= 11 is 0. The zero-order valence-electron chi connectivity index (χ0n) is 82.1. The van der Waals surface area contributed by atoms with E-state index in [1.165, 1.54) is 99.7 Å². The summed E-state index contributed by atoms with van der Waals surface area (Å²) in [6, 6.07) is 144. The predicted octanol–water partition coefficient (Wildman–Crippen LogP) is 28.2. The van der Waals surface area contributed by atoms with E-state index in [2.05, 4.69) is 368 Å². The number of furan rings is 1. The molecule has 5 unspecified atom stereocenters. The maximum Gasteiger partial charge on any atom is 1.00 e. The van der Waals surface area contributed by atoms with Crippen molar-refractivity contribution in [3.05, 3.63) is 532 Å². The molecule has 7 aliphatic rings. The van der Waals surface area contributed by atoms with Crippen molar-refractivity contribution in [2.45, 2.75) is 44.7 Å². The largest absolute Gasteiger partial charge is 1.00 e. The van der Waals surface area contributed by atoms with Gasteiger partial charge < -0.3 is 75.1 Å². The molecule has 7 aliphatic heterocycles. The van der Waals surface area contributed by atoms with Crippen LogP contribution in [0.1, 0.15) is 58.8 Å². The zero-order valence-corrected chi connectivity index (χ0v) is 90.3. The van der Waals surface area contributed by atoms with Crippen molar-refractivity contribution in [3.63, 3.8) is 0 Å². The number of likely N-dealkylation sites (N-methyl/N-ethyl adjacent to an activating group) is 3. The van der Waals surface area contributed by atoms with Crippen LogP contribution in [-0.4, -0.2) is 79.3 Å². The minimum Gasteiger partial charge on any atom is -0.774 e. The van der Waals surface area contributed by atoms with E-state index >= 15 is 0 Å². The van der Waals surface area contributed by atoms with E-state index in [-0.39, 0.29) is 83.0 Å². The summed E-state index contributed by atoms with van der Waals surface area (Å²) in [5, 5.41) is 27.3. The van der Waals surface area contributed by atoms with E-state index in [9.17, 15) is 0 Å². The van der Waals surface area contributed by atoms with Gasteiger partial charge in [0.25, 0.3) is 0 Å². The van der Waals surface area contributed by atoms with Crippen LogP contribution in [0.25, 0.3) is 38.3 Å². The first-order valence-electron chi connectivity index (χ1n) is 48.0. The number of para-hydroxylation sites is 12. The summed E-state index contributed by atoms with van der Waals surface area (Å²) in [5.41, 5.74) is 30.8. The van der Waals surface area contributed by atoms with Gasteiger partial charge >= 0.3 is 17.1 Å². The minimum absolute atomic E-state index is 0. The molecule has 18 aromatic rings. The quantitative estimate of drug-likeness (QED) is 0.0305. The second kappa shape index (κ2) is 50.4. The molecule has 0 spiro atoms. The summed E-state index contributed by atoms with van der Waals surface area (Å²) in [4.78, 5) is 26.6. The maximum absolute atomic E-state index is 7.77. The number of ether oxygens (including phenoxy) is 1. The molecule has 5 atom stereocenters. The van der Waals surface area contributed by atoms with Gasteiger partial charge in [0.2, 0.25) is 0 Å². The monoisotopic (exact) mass is 2300 g/mol. The van der Waals surface area contributed by atoms with Crippen LogP contribution < -0.4 is 66.0 Å². The molecule has 23 heteroatoms. The number of hydrogen-bond acceptors (Lipinski definition) is 12. The van der Waals surface area contributed by atoms with Crippen LogP contribution in [0.15, 0.2) is 453 Å². The Kier molecular flexibility index (Phi) is 36.8. The number of amidine groups is 2. The molecule has 2 N–H and O–H groups in total. The number of anilines is 8. The molecule has 0 saturated carbocycles. The van der Waals surface area contributed by atoms with Crippen LogP contribution in [-0.2, 0) is 77.7 Å². The Morgan fingerprint density at radius 2 is 1.01 bits per heavy atom. The Morgan fingerprint density at radius 1 is 0.510 bits per heavy atom. The summed E-state index contributed by atoms with van der Waals surface area (Å²) in [6.07, 6.45) is 13.2. The average molecular weight is 2310 g/mol. The fourth-order valence-electron chi connectivity index (χ4n) is 19.0. The molecule has 16 nitrogen and oxygen atoms in total. The fraction of sp³-hybridized carbons (Fsp3) is 0.105. The molecule has 2 aromatic heterocycles. The first kappa shape index (κ1) is 107. The van der Waals surface area contributed by atoms with Crippen molar-refractivity contribution in [1.82, 2.24) is 14.8 Å². The Labute approximate surface area is 914 Å². The Bertz CT molecular complexity index is 7390. The van der Waals surface area contributed by atoms with Gasteiger partial charge in [-0.1, -0.05) is 268 Å². The molecule has 0 amide bonds. The molecule has 0 fully saturated rings. The normalized spacial score (nSPS) is 15.0. The van der Waals surface area contributed by atoms with Crippen LogP contribution in [0.2, 0.25) is 0 Å². The Morgan fingerprint density at radius 3 is 1.57 bits per heavy atom. The summed E-state index contributed by atoms with van der Waals surface area (Å²) in [7, 11) is 8.77. The Balaban J connectivity index is 0.000000131. The van der Waals surface area contributed by atoms with Crippen LogP contribution >= 0.6 is 25.1 Å². The molecule has 9 heterocycles. The van der Waals surface area contributed by atoms with Crippen molar-refractivity contribution in [1.29, 1.82) is 5.41 Å². The van der Waals surface area contributed by atoms with E-state index in [0.717, 1.165) is 88.7 Å². The minimum atomic E-state index is -1.22. The van der Waals surface area contributed by atoms with Gasteiger partial charge in [-0.05, 0) is 156 Å². The van der Waals surface area contributed by atoms with Crippen LogP contribution in [0, 0.1) is 44.8 Å². The summed E-state index contributed by atoms with van der Waals surface area (Å²) < 4.78 is 12.8. The molecule has 0 aliphatic carbocycles. The second-order valence-electron chi connectivity index (χ2n) is 35.8. The first-order valence-corrected chi connectivity index (χ1v) is 51.7. The van der Waals surface area contributed by atoms with Gasteiger partial charge in [-0.15, -0.1) is 47.8 Å². The number of fused-ring (bicyclic) bond motifs is 17. The van der Waals surface area contributed by atoms with Crippen molar-refractivity contribution < 1.29 is 80.5 Å². The van der Waals surface area contributed by atoms with E-state index in [4.69, 9.17) is 25.6 Å². The van der Waals surface area contributed by atoms with Crippen molar-refractivity contribution in [3.8, 4) is 11.5 Å². The number of nitrogens with one attached hydrogen (secondary N) is 2. The molecular weight excluding hydrogens is 2190 g/mol. The zero-order chi connectivity index (χ0) is 98.2. The number of benzene rings is 16. The Hall–Kier alpha value is -14.0. The van der Waals surface area contributed by atoms with Crippen molar-refractivity contribution in [2.75, 3.05) is 63.8 Å². The van der Waals surface area contributed by atoms with Crippen molar-refractivity contribution >= 4 is 159 Å².